The standard InChI is InChI=1S/C8H12FNO2/c1-5(9)8(12)7(6(2)11)10(3)4/h7H,1H2,2-4H3. The molecule has 1 unspecified atom stereocenters. The summed E-state index contributed by atoms with van der Waals surface area (Å²) in [7, 11) is 3.07. The van der Waals surface area contributed by atoms with E-state index in [4.69, 9.17) is 0 Å². The van der Waals surface area contributed by atoms with Crippen molar-refractivity contribution in [3.63, 3.8) is 0 Å². The largest absolute Gasteiger partial charge is 0.298 e. The van der Waals surface area contributed by atoms with Crippen LogP contribution in [-0.2, 0) is 9.59 Å². The van der Waals surface area contributed by atoms with Crippen LogP contribution in [-0.4, -0.2) is 36.6 Å². The van der Waals surface area contributed by atoms with E-state index < -0.39 is 17.7 Å². The summed E-state index contributed by atoms with van der Waals surface area (Å²) >= 11 is 0. The van der Waals surface area contributed by atoms with Gasteiger partial charge in [-0.3, -0.25) is 14.5 Å². The van der Waals surface area contributed by atoms with Gasteiger partial charge >= 0.3 is 0 Å². The number of nitrogens with zero attached hydrogens (tertiary/aromatic N) is 1. The minimum absolute atomic E-state index is 0.385. The van der Waals surface area contributed by atoms with E-state index in [2.05, 4.69) is 6.58 Å². The second-order valence-electron chi connectivity index (χ2n) is 2.75. The van der Waals surface area contributed by atoms with Crippen molar-refractivity contribution in [3.8, 4) is 0 Å². The van der Waals surface area contributed by atoms with E-state index >= 15 is 0 Å². The quantitative estimate of drug-likeness (QED) is 0.460. The zero-order chi connectivity index (χ0) is 9.89. The first kappa shape index (κ1) is 11.0. The number of ketones is 2. The van der Waals surface area contributed by atoms with Crippen molar-refractivity contribution in [3.05, 3.63) is 12.4 Å². The van der Waals surface area contributed by atoms with E-state index in [-0.39, 0.29) is 5.78 Å². The Labute approximate surface area is 70.9 Å². The average Bonchev–Trinajstić information content (AvgIpc) is 1.85. The Bertz CT molecular complexity index is 223. The van der Waals surface area contributed by atoms with Crippen LogP contribution in [0.4, 0.5) is 4.39 Å². The van der Waals surface area contributed by atoms with Crippen molar-refractivity contribution < 1.29 is 14.0 Å². The Morgan fingerprint density at radius 2 is 1.83 bits per heavy atom. The Kier molecular flexibility index (Phi) is 3.76. The van der Waals surface area contributed by atoms with Crippen LogP contribution in [0.3, 0.4) is 0 Å². The molecule has 0 radical (unpaired) electrons. The highest BCUT2D eigenvalue weighted by Gasteiger charge is 2.27. The number of rotatable bonds is 4. The molecule has 3 nitrogen and oxygen atoms in total. The van der Waals surface area contributed by atoms with E-state index in [0.29, 0.717) is 0 Å². The van der Waals surface area contributed by atoms with Gasteiger partial charge in [0, 0.05) is 0 Å². The third-order valence-electron chi connectivity index (χ3n) is 1.42. The molecule has 0 rings (SSSR count). The van der Waals surface area contributed by atoms with E-state index in [0.717, 1.165) is 0 Å². The first-order chi connectivity index (χ1) is 5.37. The molecule has 4 heteroatoms. The summed E-state index contributed by atoms with van der Waals surface area (Å²) in [5.74, 6) is -2.33. The first-order valence-corrected chi connectivity index (χ1v) is 3.43. The summed E-state index contributed by atoms with van der Waals surface area (Å²) in [5.41, 5.74) is 0. The molecule has 0 aromatic carbocycles. The Hall–Kier alpha value is -1.03. The van der Waals surface area contributed by atoms with Crippen molar-refractivity contribution in [2.45, 2.75) is 13.0 Å². The fourth-order valence-corrected chi connectivity index (χ4v) is 0.931. The summed E-state index contributed by atoms with van der Waals surface area (Å²) < 4.78 is 12.3. The summed E-state index contributed by atoms with van der Waals surface area (Å²) in [5, 5.41) is 0. The fourth-order valence-electron chi connectivity index (χ4n) is 0.931. The summed E-state index contributed by atoms with van der Waals surface area (Å²) in [6, 6.07) is -1.04. The topological polar surface area (TPSA) is 37.4 Å². The lowest BCUT2D eigenvalue weighted by atomic mass is 10.1. The normalized spacial score (nSPS) is 12.8. The maximum atomic E-state index is 12.3. The van der Waals surface area contributed by atoms with Crippen molar-refractivity contribution in [2.24, 2.45) is 0 Å². The minimum Gasteiger partial charge on any atom is -0.298 e. The van der Waals surface area contributed by atoms with E-state index in [1.54, 1.807) is 0 Å². The molecule has 0 aromatic rings. The number of carbonyl (C=O) groups is 2. The molecule has 0 spiro atoms. The maximum absolute atomic E-state index is 12.3. The monoisotopic (exact) mass is 173 g/mol. The number of hydrogen-bond donors (Lipinski definition) is 0. The van der Waals surface area contributed by atoms with E-state index in [1.807, 2.05) is 0 Å². The lowest BCUT2D eigenvalue weighted by Crippen LogP contribution is -2.41. The molecule has 0 aliphatic rings. The first-order valence-electron chi connectivity index (χ1n) is 3.43. The molecule has 0 heterocycles. The third-order valence-corrected chi connectivity index (χ3v) is 1.42. The molecule has 68 valence electrons. The molecule has 0 fully saturated rings. The van der Waals surface area contributed by atoms with Gasteiger partial charge in [-0.05, 0) is 21.0 Å². The van der Waals surface area contributed by atoms with Gasteiger partial charge in [-0.1, -0.05) is 6.58 Å². The highest BCUT2D eigenvalue weighted by Crippen LogP contribution is 2.04. The SMILES string of the molecule is C=C(F)C(=O)C(C(C)=O)N(C)C. The van der Waals surface area contributed by atoms with Crippen molar-refractivity contribution in [2.75, 3.05) is 14.1 Å². The molecular weight excluding hydrogens is 161 g/mol. The minimum atomic E-state index is -1.08. The number of likely N-dealkylation sites (N-methyl/N-ethyl adjacent to an activating group) is 1. The molecule has 1 atom stereocenters. The van der Waals surface area contributed by atoms with Gasteiger partial charge in [0.25, 0.3) is 0 Å². The van der Waals surface area contributed by atoms with Crippen LogP contribution < -0.4 is 0 Å². The Balaban J connectivity index is 4.64. The summed E-state index contributed by atoms with van der Waals surface area (Å²) in [4.78, 5) is 23.2. The lowest BCUT2D eigenvalue weighted by molar-refractivity contribution is -0.130. The second kappa shape index (κ2) is 4.11. The Morgan fingerprint density at radius 1 is 1.42 bits per heavy atom. The molecule has 0 saturated carbocycles. The molecular formula is C8H12FNO2. The predicted octanol–water partition coefficient (Wildman–Crippen LogP) is 0.558. The van der Waals surface area contributed by atoms with Crippen LogP contribution in [0.15, 0.2) is 12.4 Å². The zero-order valence-electron chi connectivity index (χ0n) is 7.43. The van der Waals surface area contributed by atoms with Crippen LogP contribution in [0.1, 0.15) is 6.92 Å². The summed E-state index contributed by atoms with van der Waals surface area (Å²) in [6.07, 6.45) is 0. The van der Waals surface area contributed by atoms with Gasteiger partial charge in [0.2, 0.25) is 5.78 Å². The highest BCUT2D eigenvalue weighted by molar-refractivity contribution is 6.11. The maximum Gasteiger partial charge on any atom is 0.215 e. The second-order valence-corrected chi connectivity index (χ2v) is 2.75. The average molecular weight is 173 g/mol. The molecule has 0 saturated heterocycles. The van der Waals surface area contributed by atoms with Crippen LogP contribution in [0, 0.1) is 0 Å². The van der Waals surface area contributed by atoms with E-state index in [1.165, 1.54) is 25.9 Å². The van der Waals surface area contributed by atoms with Gasteiger partial charge in [0.1, 0.15) is 6.04 Å². The van der Waals surface area contributed by atoms with Crippen LogP contribution in [0.2, 0.25) is 0 Å². The fraction of sp³-hybridized carbons (Fsp3) is 0.500. The van der Waals surface area contributed by atoms with Crippen LogP contribution >= 0.6 is 0 Å². The lowest BCUT2D eigenvalue weighted by Gasteiger charge is -2.18. The number of hydrogen-bond acceptors (Lipinski definition) is 3. The molecule has 0 aromatic heterocycles. The molecule has 12 heavy (non-hydrogen) atoms. The molecule has 0 bridgehead atoms. The summed E-state index contributed by atoms with van der Waals surface area (Å²) in [6.45, 7) is 4.09. The molecule has 0 amide bonds. The van der Waals surface area contributed by atoms with Gasteiger partial charge in [0.15, 0.2) is 11.6 Å². The molecule has 0 aliphatic carbocycles. The number of halogens is 1. The van der Waals surface area contributed by atoms with Crippen molar-refractivity contribution in [1.29, 1.82) is 0 Å². The third kappa shape index (κ3) is 2.54. The van der Waals surface area contributed by atoms with Crippen LogP contribution in [0.5, 0.6) is 0 Å². The van der Waals surface area contributed by atoms with E-state index in [9.17, 15) is 14.0 Å². The molecule has 0 aliphatic heterocycles. The molecule has 0 N–H and O–H groups in total. The zero-order valence-corrected chi connectivity index (χ0v) is 7.43. The number of Topliss-reactive ketones (excluding diaryl/α,β-unsaturated/α-hetero) is 2. The highest BCUT2D eigenvalue weighted by atomic mass is 19.1. The van der Waals surface area contributed by atoms with Crippen LogP contribution in [0.25, 0.3) is 0 Å². The van der Waals surface area contributed by atoms with Crippen molar-refractivity contribution in [1.82, 2.24) is 4.90 Å². The smallest absolute Gasteiger partial charge is 0.215 e. The van der Waals surface area contributed by atoms with Gasteiger partial charge in [-0.25, -0.2) is 4.39 Å². The van der Waals surface area contributed by atoms with Gasteiger partial charge < -0.3 is 0 Å². The van der Waals surface area contributed by atoms with Gasteiger partial charge in [0.05, 0.1) is 0 Å². The van der Waals surface area contributed by atoms with Gasteiger partial charge in [-0.15, -0.1) is 0 Å². The Morgan fingerprint density at radius 3 is 1.92 bits per heavy atom. The van der Waals surface area contributed by atoms with Crippen molar-refractivity contribution >= 4 is 11.6 Å². The predicted molar refractivity (Wildman–Crippen MR) is 43.4 cm³/mol. The van der Waals surface area contributed by atoms with Gasteiger partial charge in [-0.2, -0.15) is 0 Å². The number of carbonyl (C=O) groups excluding carboxylic acids is 2.